The van der Waals surface area contributed by atoms with Gasteiger partial charge in [0.05, 0.1) is 52.1 Å². The molecule has 19 nitrogen and oxygen atoms in total. The monoisotopic (exact) mass is 1540 g/mol. The SMILES string of the molecule is CC1Oc2c[c]([Sn]([CH3])([CH3])[CH3])cc(Cl)c2O1.CC1Oc2cc(Br)cc(Cl)c2O1.CC1Oc2cc(C(=O)[C@H]3C[C@@H]3C(=O)O)cc(Cl)c2O1.COC(=O)[C@H]1C[C@@H]1C(=O)Cl.COC(=O)[C@H]1C[C@@H]1C(=O)c1cc(Cl)c2c(c1)OC(C)O2.Oc1cc(Br)cc(Cl)c1O. The van der Waals surface area contributed by atoms with E-state index in [0.717, 1.165) is 10.2 Å². The summed E-state index contributed by atoms with van der Waals surface area (Å²) in [6.07, 6.45) is 0.136. The van der Waals surface area contributed by atoms with Crippen LogP contribution < -0.4 is 41.5 Å². The molecule has 3 fully saturated rings. The molecule has 0 amide bonds. The number of phenolic OH excluding ortho intramolecular Hbond substituents is 2. The maximum Gasteiger partial charge on any atom is 0.309 e. The van der Waals surface area contributed by atoms with Crippen LogP contribution in [0.2, 0.25) is 39.9 Å². The van der Waals surface area contributed by atoms with Gasteiger partial charge in [0, 0.05) is 58.6 Å². The van der Waals surface area contributed by atoms with Crippen LogP contribution >= 0.6 is 101 Å². The Bertz CT molecular complexity index is 3450. The first-order valence-corrected chi connectivity index (χ1v) is 40.0. The molecular formula is C58H56Br2Cl6O19Sn. The molecule has 10 atom stereocenters. The molecule has 4 heterocycles. The average Bonchev–Trinajstić information content (AvgIpc) is 2.05. The molecule has 4 unspecified atom stereocenters. The Hall–Kier alpha value is -4.98. The van der Waals surface area contributed by atoms with Gasteiger partial charge < -0.3 is 53.2 Å². The number of ether oxygens (including phenoxy) is 10. The number of ketones is 2. The zero-order valence-electron chi connectivity index (χ0n) is 47.1. The molecule has 3 N–H and O–H groups in total. The first-order valence-electron chi connectivity index (χ1n) is 26.2. The minimum atomic E-state index is -2.07. The number of aromatic hydroxyl groups is 2. The number of Topliss-reactive ketones (excluding diaryl/α,β-unsaturated/α-hetero) is 2. The summed E-state index contributed by atoms with van der Waals surface area (Å²) in [6, 6.07) is 16.8. The summed E-state index contributed by atoms with van der Waals surface area (Å²) >= 11 is 39.1. The Morgan fingerprint density at radius 1 is 0.477 bits per heavy atom. The van der Waals surface area contributed by atoms with Crippen molar-refractivity contribution in [1.29, 1.82) is 0 Å². The minimum Gasteiger partial charge on any atom is -0.504 e. The van der Waals surface area contributed by atoms with Gasteiger partial charge in [-0.1, -0.05) is 78.3 Å². The van der Waals surface area contributed by atoms with Crippen molar-refractivity contribution in [2.75, 3.05) is 14.2 Å². The van der Waals surface area contributed by atoms with Crippen LogP contribution in [0.3, 0.4) is 0 Å². The quantitative estimate of drug-likeness (QED) is 0.0407. The number of carboxylic acids is 1. The van der Waals surface area contributed by atoms with E-state index in [0.29, 0.717) is 95.2 Å². The molecule has 462 valence electrons. The van der Waals surface area contributed by atoms with Gasteiger partial charge in [0.25, 0.3) is 0 Å². The number of rotatable bonds is 9. The van der Waals surface area contributed by atoms with Crippen LogP contribution in [0.15, 0.2) is 69.6 Å². The first kappa shape index (κ1) is 68.5. The second kappa shape index (κ2) is 28.7. The Morgan fingerprint density at radius 2 is 0.826 bits per heavy atom. The Balaban J connectivity index is 0.000000151. The van der Waals surface area contributed by atoms with Crippen LogP contribution in [0.25, 0.3) is 0 Å². The Morgan fingerprint density at radius 3 is 1.21 bits per heavy atom. The molecule has 0 aromatic heterocycles. The van der Waals surface area contributed by atoms with Gasteiger partial charge in [-0.15, -0.1) is 0 Å². The first-order chi connectivity index (χ1) is 40.3. The Labute approximate surface area is 545 Å². The van der Waals surface area contributed by atoms with Crippen molar-refractivity contribution in [1.82, 2.24) is 0 Å². The summed E-state index contributed by atoms with van der Waals surface area (Å²) in [5.41, 5.74) is 0.804. The molecule has 5 aromatic carbocycles. The molecule has 0 saturated heterocycles. The molecule has 0 spiro atoms. The van der Waals surface area contributed by atoms with Gasteiger partial charge >= 0.3 is 118 Å². The molecule has 86 heavy (non-hydrogen) atoms. The predicted octanol–water partition coefficient (Wildman–Crippen LogP) is 14.1. The van der Waals surface area contributed by atoms with Gasteiger partial charge in [0.15, 0.2) is 57.6 Å². The van der Waals surface area contributed by atoms with E-state index in [2.05, 4.69) is 62.2 Å². The number of phenols is 2. The zero-order chi connectivity index (χ0) is 63.5. The van der Waals surface area contributed by atoms with Crippen molar-refractivity contribution in [3.05, 3.63) is 106 Å². The summed E-state index contributed by atoms with van der Waals surface area (Å²) in [6.45, 7) is 7.16. The number of halogens is 8. The minimum absolute atomic E-state index is 0.117. The second-order valence-corrected chi connectivity index (χ2v) is 39.8. The van der Waals surface area contributed by atoms with Crippen molar-refractivity contribution in [2.45, 2.75) is 86.9 Å². The maximum atomic E-state index is 12.3. The number of esters is 2. The van der Waals surface area contributed by atoms with E-state index in [-0.39, 0.29) is 76.3 Å². The number of carboxylic acid groups (broad SMARTS) is 1. The van der Waals surface area contributed by atoms with E-state index in [1.807, 2.05) is 26.0 Å². The van der Waals surface area contributed by atoms with Crippen molar-refractivity contribution in [3.8, 4) is 57.5 Å². The van der Waals surface area contributed by atoms with E-state index in [1.54, 1.807) is 38.1 Å². The molecule has 5 aromatic rings. The summed E-state index contributed by atoms with van der Waals surface area (Å²) in [4.78, 5) is 74.7. The summed E-state index contributed by atoms with van der Waals surface area (Å²) in [7, 11) is 2.62. The number of carbonyl (C=O) groups excluding carboxylic acids is 5. The van der Waals surface area contributed by atoms with Crippen LogP contribution in [0.5, 0.6) is 57.5 Å². The fourth-order valence-electron chi connectivity index (χ4n) is 8.73. The number of aliphatic carboxylic acids is 1. The van der Waals surface area contributed by atoms with Crippen LogP contribution in [0, 0.1) is 35.5 Å². The Kier molecular flexibility index (Phi) is 22.8. The zero-order valence-corrected chi connectivity index (χ0v) is 57.6. The predicted molar refractivity (Wildman–Crippen MR) is 328 cm³/mol. The molecular weight excluding hydrogens is 1490 g/mol. The van der Waals surface area contributed by atoms with E-state index in [9.17, 15) is 28.8 Å². The van der Waals surface area contributed by atoms with Crippen molar-refractivity contribution in [3.63, 3.8) is 0 Å². The fraction of sp³-hybridized carbons (Fsp3) is 0.379. The smallest absolute Gasteiger partial charge is 0.309 e. The van der Waals surface area contributed by atoms with Crippen molar-refractivity contribution in [2.24, 2.45) is 35.5 Å². The second-order valence-electron chi connectivity index (χ2n) is 21.1. The van der Waals surface area contributed by atoms with Gasteiger partial charge in [0.2, 0.25) is 24.1 Å². The molecule has 4 aliphatic heterocycles. The molecule has 0 radical (unpaired) electrons. The number of benzene rings is 5. The van der Waals surface area contributed by atoms with Crippen LogP contribution in [0.4, 0.5) is 0 Å². The number of methoxy groups -OCH3 is 2. The average molecular weight is 1550 g/mol. The maximum absolute atomic E-state index is 12.3. The van der Waals surface area contributed by atoms with Gasteiger partial charge in [0.1, 0.15) is 0 Å². The largest absolute Gasteiger partial charge is 0.504 e. The summed E-state index contributed by atoms with van der Waals surface area (Å²) in [5, 5.41) is 28.3. The van der Waals surface area contributed by atoms with E-state index >= 15 is 0 Å². The van der Waals surface area contributed by atoms with E-state index < -0.39 is 54.0 Å². The van der Waals surface area contributed by atoms with Crippen molar-refractivity contribution < 1.29 is 91.5 Å². The third-order valence-electron chi connectivity index (χ3n) is 13.4. The third kappa shape index (κ3) is 17.2. The molecule has 0 bridgehead atoms. The van der Waals surface area contributed by atoms with Gasteiger partial charge in [-0.25, -0.2) is 0 Å². The molecule has 7 aliphatic rings. The standard InChI is InChI=1S/C14H13ClO5.C13H11ClO5.C8H6BrClO2.C8H6ClO2.C6H4BrClO2.C6H7ClO3.3CH3.Sn/c1-6-19-11-4-7(3-10(15)13(11)20-6)12(16)8-5-9(8)14(17)18-2;1-5-18-10-3-6(2-9(14)12(10)19-5)11(15)7-4-8(7)13(16)17;1-4-11-7-3-5(9)2-6(10)8(7)12-4;1-5-10-7-4-2-3-6(9)8(7)11-5;7-3-1-4(8)6(10)5(9)2-3;1-10-6(9)4-2-3(4)5(7)8;;;;/h3-4,6,8-9H,5H2,1-2H3;2-3,5,7-8H,4H2,1H3,(H,16,17);2-4H,1H3;3-5H,1H3;1-2,9-10H;3-4H,2H2,1H3;3*1H3;/t6?,8-,9-;5?,7-,8-;;;;3-,4-;;;;/m00...0..../s1. The van der Waals surface area contributed by atoms with Gasteiger partial charge in [-0.2, -0.15) is 0 Å². The van der Waals surface area contributed by atoms with Crippen LogP contribution in [0.1, 0.15) is 67.7 Å². The van der Waals surface area contributed by atoms with E-state index in [1.165, 1.54) is 36.0 Å². The van der Waals surface area contributed by atoms with Crippen molar-refractivity contribution >= 4 is 158 Å². The summed E-state index contributed by atoms with van der Waals surface area (Å²) in [5.74, 6) is -0.0847. The fourth-order valence-corrected chi connectivity index (χ4v) is 14.9. The molecule has 28 heteroatoms. The molecule has 3 aliphatic carbocycles. The number of hydrogen-bond acceptors (Lipinski definition) is 18. The molecule has 12 rings (SSSR count). The normalized spacial score (nSPS) is 22.8. The number of carbonyl (C=O) groups is 6. The third-order valence-corrected chi connectivity index (χ3v) is 21.8. The van der Waals surface area contributed by atoms with Crippen LogP contribution in [-0.2, 0) is 28.7 Å². The van der Waals surface area contributed by atoms with E-state index in [4.69, 9.17) is 123 Å². The van der Waals surface area contributed by atoms with Gasteiger partial charge in [-0.05, 0) is 79.4 Å². The topological polar surface area (TPSA) is 255 Å². The number of fused-ring (bicyclic) bond motifs is 4. The van der Waals surface area contributed by atoms with Crippen LogP contribution in [-0.4, -0.2) is 108 Å². The number of hydrogen-bond donors (Lipinski definition) is 3. The molecule has 3 saturated carbocycles. The van der Waals surface area contributed by atoms with Gasteiger partial charge in [-0.3, -0.25) is 28.8 Å². The summed E-state index contributed by atoms with van der Waals surface area (Å²) < 4.78 is 55.1.